The number of fused-ring (bicyclic) bond motifs is 3. The summed E-state index contributed by atoms with van der Waals surface area (Å²) < 4.78 is 0. The molecular formula is C22H23N3O3. The van der Waals surface area contributed by atoms with Gasteiger partial charge < -0.3 is 20.2 Å². The number of amides is 2. The third kappa shape index (κ3) is 2.63. The van der Waals surface area contributed by atoms with Gasteiger partial charge in [-0.3, -0.25) is 4.79 Å². The highest BCUT2D eigenvalue weighted by Crippen LogP contribution is 2.51. The third-order valence-corrected chi connectivity index (χ3v) is 6.35. The van der Waals surface area contributed by atoms with Crippen molar-refractivity contribution in [2.24, 2.45) is 5.92 Å². The Bertz CT molecular complexity index is 926. The number of carbonyl (C=O) groups excluding carboxylic acids is 1. The van der Waals surface area contributed by atoms with E-state index in [2.05, 4.69) is 17.4 Å². The molecule has 0 aromatic heterocycles. The molecule has 0 aliphatic carbocycles. The van der Waals surface area contributed by atoms with Crippen LogP contribution in [0.15, 0.2) is 48.5 Å². The lowest BCUT2D eigenvalue weighted by Crippen LogP contribution is -2.42. The molecule has 28 heavy (non-hydrogen) atoms. The van der Waals surface area contributed by atoms with Crippen LogP contribution < -0.4 is 5.32 Å². The van der Waals surface area contributed by atoms with Crippen molar-refractivity contribution in [1.29, 1.82) is 0 Å². The molecule has 2 N–H and O–H groups in total. The van der Waals surface area contributed by atoms with Gasteiger partial charge in [0.2, 0.25) is 0 Å². The lowest BCUT2D eigenvalue weighted by atomic mass is 9.79. The minimum absolute atomic E-state index is 0.0376. The number of likely N-dealkylation sites (tertiary alicyclic amines) is 2. The summed E-state index contributed by atoms with van der Waals surface area (Å²) in [5.41, 5.74) is 3.65. The van der Waals surface area contributed by atoms with Crippen LogP contribution in [0.3, 0.4) is 0 Å². The van der Waals surface area contributed by atoms with E-state index in [4.69, 9.17) is 0 Å². The number of carboxylic acid groups (broad SMARTS) is 1. The second kappa shape index (κ2) is 6.55. The van der Waals surface area contributed by atoms with E-state index < -0.39 is 6.09 Å². The second-order valence-electron chi connectivity index (χ2n) is 7.85. The van der Waals surface area contributed by atoms with Crippen LogP contribution in [0.25, 0.3) is 0 Å². The molecule has 6 nitrogen and oxygen atoms in total. The Morgan fingerprint density at radius 2 is 1.82 bits per heavy atom. The van der Waals surface area contributed by atoms with Gasteiger partial charge in [0.05, 0.1) is 12.1 Å². The summed E-state index contributed by atoms with van der Waals surface area (Å²) in [6.45, 7) is 2.12. The van der Waals surface area contributed by atoms with E-state index in [-0.39, 0.29) is 23.9 Å². The van der Waals surface area contributed by atoms with Gasteiger partial charge in [0.1, 0.15) is 0 Å². The van der Waals surface area contributed by atoms with Gasteiger partial charge in [0.15, 0.2) is 0 Å². The molecule has 0 bridgehead atoms. The summed E-state index contributed by atoms with van der Waals surface area (Å²) >= 11 is 0. The van der Waals surface area contributed by atoms with Crippen molar-refractivity contribution >= 4 is 17.7 Å². The molecule has 5 rings (SSSR count). The average Bonchev–Trinajstić information content (AvgIpc) is 3.12. The van der Waals surface area contributed by atoms with Gasteiger partial charge in [-0.1, -0.05) is 30.3 Å². The van der Waals surface area contributed by atoms with Gasteiger partial charge in [0.25, 0.3) is 5.91 Å². The van der Waals surface area contributed by atoms with Gasteiger partial charge >= 0.3 is 6.09 Å². The largest absolute Gasteiger partial charge is 0.465 e. The van der Waals surface area contributed by atoms with Gasteiger partial charge in [-0.2, -0.15) is 0 Å². The molecule has 0 saturated carbocycles. The van der Waals surface area contributed by atoms with Crippen LogP contribution in [0, 0.1) is 5.92 Å². The van der Waals surface area contributed by atoms with Crippen molar-refractivity contribution in [3.63, 3.8) is 0 Å². The molecule has 0 spiro atoms. The first kappa shape index (κ1) is 17.1. The summed E-state index contributed by atoms with van der Waals surface area (Å²) in [6, 6.07) is 15.7. The molecule has 3 unspecified atom stereocenters. The van der Waals surface area contributed by atoms with Crippen LogP contribution in [-0.2, 0) is 0 Å². The summed E-state index contributed by atoms with van der Waals surface area (Å²) in [5.74, 6) is 0.177. The van der Waals surface area contributed by atoms with Crippen LogP contribution in [0.2, 0.25) is 0 Å². The number of hydrogen-bond acceptors (Lipinski definition) is 3. The van der Waals surface area contributed by atoms with E-state index in [1.807, 2.05) is 41.3 Å². The number of anilines is 1. The van der Waals surface area contributed by atoms with Gasteiger partial charge in [0, 0.05) is 36.8 Å². The molecule has 3 aliphatic rings. The molecule has 3 heterocycles. The fraction of sp³-hybridized carbons (Fsp3) is 0.364. The molecule has 3 aliphatic heterocycles. The highest BCUT2D eigenvalue weighted by atomic mass is 16.4. The molecule has 2 saturated heterocycles. The number of nitrogens with one attached hydrogen (secondary N) is 1. The minimum Gasteiger partial charge on any atom is -0.465 e. The molecule has 6 heteroatoms. The van der Waals surface area contributed by atoms with Gasteiger partial charge in [-0.05, 0) is 42.2 Å². The maximum atomic E-state index is 12.7. The quantitative estimate of drug-likeness (QED) is 0.836. The first-order valence-electron chi connectivity index (χ1n) is 9.88. The Morgan fingerprint density at radius 1 is 1.04 bits per heavy atom. The van der Waals surface area contributed by atoms with Crippen LogP contribution in [0.1, 0.15) is 46.4 Å². The Labute approximate surface area is 163 Å². The Balaban J connectivity index is 1.57. The lowest BCUT2D eigenvalue weighted by Gasteiger charge is -2.39. The molecular weight excluding hydrogens is 354 g/mol. The first-order chi connectivity index (χ1) is 13.6. The van der Waals surface area contributed by atoms with E-state index >= 15 is 0 Å². The van der Waals surface area contributed by atoms with Crippen LogP contribution in [0.5, 0.6) is 0 Å². The average molecular weight is 377 g/mol. The number of carbonyl (C=O) groups is 2. The molecule has 2 aromatic carbocycles. The predicted octanol–water partition coefficient (Wildman–Crippen LogP) is 3.74. The molecule has 2 fully saturated rings. The van der Waals surface area contributed by atoms with Gasteiger partial charge in [-0.15, -0.1) is 0 Å². The van der Waals surface area contributed by atoms with Crippen LogP contribution in [0.4, 0.5) is 10.5 Å². The van der Waals surface area contributed by atoms with E-state index in [9.17, 15) is 14.7 Å². The molecule has 144 valence electrons. The topological polar surface area (TPSA) is 72.9 Å². The highest BCUT2D eigenvalue weighted by Gasteiger charge is 2.46. The van der Waals surface area contributed by atoms with Crippen LogP contribution in [-0.4, -0.2) is 46.5 Å². The first-order valence-corrected chi connectivity index (χ1v) is 9.88. The monoisotopic (exact) mass is 377 g/mol. The molecule has 0 radical (unpaired) electrons. The van der Waals surface area contributed by atoms with E-state index in [1.165, 1.54) is 4.90 Å². The summed E-state index contributed by atoms with van der Waals surface area (Å²) in [6.07, 6.45) is 0.952. The van der Waals surface area contributed by atoms with E-state index in [0.717, 1.165) is 42.7 Å². The van der Waals surface area contributed by atoms with E-state index in [1.54, 1.807) is 0 Å². The minimum atomic E-state index is -0.897. The highest BCUT2D eigenvalue weighted by molar-refractivity contribution is 5.95. The number of rotatable bonds is 2. The second-order valence-corrected chi connectivity index (χ2v) is 7.85. The zero-order valence-electron chi connectivity index (χ0n) is 15.5. The zero-order chi connectivity index (χ0) is 19.3. The van der Waals surface area contributed by atoms with Crippen molar-refractivity contribution in [3.8, 4) is 0 Å². The smallest absolute Gasteiger partial charge is 0.407 e. The standard InChI is InChI=1S/C22H23N3O3/c26-21(24-10-4-11-24)15-7-8-18-17(13-15)20-16(9-12-25(20)22(27)28)19(23-18)14-5-2-1-3-6-14/h1-3,5-8,13,16,19-20,23H,4,9-12H2,(H,27,28). The van der Waals surface area contributed by atoms with Gasteiger partial charge in [-0.25, -0.2) is 4.79 Å². The Hall–Kier alpha value is -3.02. The van der Waals surface area contributed by atoms with Crippen molar-refractivity contribution in [3.05, 3.63) is 65.2 Å². The molecule has 2 aromatic rings. The Kier molecular flexibility index (Phi) is 4.00. The SMILES string of the molecule is O=C(c1ccc2c(c1)C1C(CCN1C(=O)O)C(c1ccccc1)N2)N1CCC1. The van der Waals surface area contributed by atoms with Crippen molar-refractivity contribution < 1.29 is 14.7 Å². The molecule has 2 amide bonds. The zero-order valence-corrected chi connectivity index (χ0v) is 15.5. The lowest BCUT2D eigenvalue weighted by molar-refractivity contribution is 0.0651. The van der Waals surface area contributed by atoms with Crippen molar-refractivity contribution in [1.82, 2.24) is 9.80 Å². The number of benzene rings is 2. The normalized spacial score (nSPS) is 25.4. The van der Waals surface area contributed by atoms with Crippen molar-refractivity contribution in [2.45, 2.75) is 24.9 Å². The molecule has 3 atom stereocenters. The third-order valence-electron chi connectivity index (χ3n) is 6.35. The maximum absolute atomic E-state index is 12.7. The summed E-state index contributed by atoms with van der Waals surface area (Å²) in [7, 11) is 0. The fourth-order valence-electron chi connectivity index (χ4n) is 4.82. The fourth-order valence-corrected chi connectivity index (χ4v) is 4.82. The van der Waals surface area contributed by atoms with Crippen molar-refractivity contribution in [2.75, 3.05) is 25.0 Å². The van der Waals surface area contributed by atoms with E-state index in [0.29, 0.717) is 12.1 Å². The maximum Gasteiger partial charge on any atom is 0.407 e. The number of nitrogens with zero attached hydrogens (tertiary/aromatic N) is 2. The Morgan fingerprint density at radius 3 is 2.50 bits per heavy atom. The predicted molar refractivity (Wildman–Crippen MR) is 105 cm³/mol. The summed E-state index contributed by atoms with van der Waals surface area (Å²) in [5, 5.41) is 13.4. The van der Waals surface area contributed by atoms with Crippen LogP contribution >= 0.6 is 0 Å². The number of hydrogen-bond donors (Lipinski definition) is 2. The summed E-state index contributed by atoms with van der Waals surface area (Å²) in [4.78, 5) is 28.0.